The molecule has 7 heteroatoms. The first-order chi connectivity index (χ1) is 11.2. The summed E-state index contributed by atoms with van der Waals surface area (Å²) in [7, 11) is 0. The first-order valence-electron chi connectivity index (χ1n) is 7.14. The number of H-pyrrole nitrogens is 1. The van der Waals surface area contributed by atoms with Gasteiger partial charge in [0.05, 0.1) is 10.8 Å². The molecule has 0 aliphatic carbocycles. The minimum atomic E-state index is -0.328. The molecule has 0 fully saturated rings. The zero-order chi connectivity index (χ0) is 16.2. The van der Waals surface area contributed by atoms with Crippen molar-refractivity contribution in [1.82, 2.24) is 20.5 Å². The molecule has 118 valence electrons. The van der Waals surface area contributed by atoms with E-state index in [0.29, 0.717) is 17.7 Å². The molecule has 2 N–H and O–H groups in total. The number of carbonyl (C=O) groups is 1. The van der Waals surface area contributed by atoms with E-state index < -0.39 is 0 Å². The Kier molecular flexibility index (Phi) is 4.47. The number of carbonyl (C=O) groups excluding carboxylic acids is 1. The van der Waals surface area contributed by atoms with E-state index in [1.54, 1.807) is 13.0 Å². The van der Waals surface area contributed by atoms with E-state index >= 15 is 0 Å². The van der Waals surface area contributed by atoms with Crippen LogP contribution in [-0.4, -0.2) is 32.9 Å². The lowest BCUT2D eigenvalue weighted by Crippen LogP contribution is -2.30. The summed E-state index contributed by atoms with van der Waals surface area (Å²) in [6.07, 6.45) is 3.48. The van der Waals surface area contributed by atoms with Crippen LogP contribution in [0.2, 0.25) is 0 Å². The quantitative estimate of drug-likeness (QED) is 0.537. The molecule has 23 heavy (non-hydrogen) atoms. The van der Waals surface area contributed by atoms with Gasteiger partial charge in [-0.25, -0.2) is 0 Å². The fourth-order valence-corrected chi connectivity index (χ4v) is 2.84. The van der Waals surface area contributed by atoms with E-state index in [1.807, 2.05) is 30.5 Å². The second-order valence-electron chi connectivity index (χ2n) is 4.91. The maximum atomic E-state index is 11.8. The Morgan fingerprint density at radius 3 is 3.13 bits per heavy atom. The first-order valence-corrected chi connectivity index (χ1v) is 8.02. The van der Waals surface area contributed by atoms with Crippen molar-refractivity contribution in [3.8, 4) is 11.5 Å². The van der Waals surface area contributed by atoms with Crippen molar-refractivity contribution in [3.05, 3.63) is 43.1 Å². The second-order valence-corrected chi connectivity index (χ2v) is 6.21. The lowest BCUT2D eigenvalue weighted by molar-refractivity contribution is -0.120. The molecule has 3 aromatic rings. The van der Waals surface area contributed by atoms with Crippen LogP contribution in [0.3, 0.4) is 0 Å². The molecule has 0 aliphatic heterocycles. The third-order valence-corrected chi connectivity index (χ3v) is 4.23. The minimum Gasteiger partial charge on any atom is -0.411 e. The van der Waals surface area contributed by atoms with Gasteiger partial charge in [0.15, 0.2) is 0 Å². The molecule has 0 bridgehead atoms. The van der Waals surface area contributed by atoms with Crippen LogP contribution in [0.25, 0.3) is 22.4 Å². The van der Waals surface area contributed by atoms with Crippen molar-refractivity contribution in [3.63, 3.8) is 0 Å². The Bertz CT molecular complexity index is 839. The minimum absolute atomic E-state index is 0.0956. The van der Waals surface area contributed by atoms with Gasteiger partial charge in [0, 0.05) is 23.6 Å². The number of hydrogen-bond acceptors (Lipinski definition) is 5. The topological polar surface area (TPSA) is 83.8 Å². The van der Waals surface area contributed by atoms with Crippen molar-refractivity contribution >= 4 is 28.6 Å². The van der Waals surface area contributed by atoms with Crippen molar-refractivity contribution in [1.29, 1.82) is 0 Å². The Labute approximate surface area is 137 Å². The van der Waals surface area contributed by atoms with Crippen LogP contribution in [0.5, 0.6) is 0 Å². The van der Waals surface area contributed by atoms with Crippen LogP contribution in [0.4, 0.5) is 0 Å². The lowest BCUT2D eigenvalue weighted by atomic mass is 10.2. The number of aromatic amines is 1. The molecule has 0 unspecified atom stereocenters. The van der Waals surface area contributed by atoms with Crippen molar-refractivity contribution < 1.29 is 9.21 Å². The van der Waals surface area contributed by atoms with E-state index in [-0.39, 0.29) is 11.2 Å². The molecule has 2 heterocycles. The van der Waals surface area contributed by atoms with Crippen LogP contribution >= 0.6 is 11.8 Å². The molecular formula is C16H16N4O2S. The number of hydrogen-bond donors (Lipinski definition) is 2. The first kappa shape index (κ1) is 15.4. The predicted molar refractivity (Wildman–Crippen MR) is 90.1 cm³/mol. The lowest BCUT2D eigenvalue weighted by Gasteiger charge is -2.07. The maximum Gasteiger partial charge on any atom is 0.277 e. The standard InChI is InChI=1S/C16H16N4O2S/c1-3-8-17-14(21)10(2)23-16-20-19-15(22-16)12-9-18-13-7-5-4-6-11(12)13/h3-7,9-10,18H,1,8H2,2H3,(H,17,21)/t10-/m0/s1. The molecule has 2 aromatic heterocycles. The molecule has 1 amide bonds. The monoisotopic (exact) mass is 328 g/mol. The number of fused-ring (bicyclic) bond motifs is 1. The smallest absolute Gasteiger partial charge is 0.277 e. The third-order valence-electron chi connectivity index (χ3n) is 3.29. The summed E-state index contributed by atoms with van der Waals surface area (Å²) in [6, 6.07) is 7.89. The van der Waals surface area contributed by atoms with Crippen molar-refractivity contribution in [2.24, 2.45) is 0 Å². The summed E-state index contributed by atoms with van der Waals surface area (Å²) in [5.41, 5.74) is 1.86. The molecule has 1 atom stereocenters. The molecule has 0 saturated heterocycles. The summed E-state index contributed by atoms with van der Waals surface area (Å²) < 4.78 is 5.68. The van der Waals surface area contributed by atoms with E-state index in [9.17, 15) is 4.79 Å². The average Bonchev–Trinajstić information content (AvgIpc) is 3.18. The number of nitrogens with one attached hydrogen (secondary N) is 2. The van der Waals surface area contributed by atoms with Gasteiger partial charge in [0.25, 0.3) is 11.1 Å². The summed E-state index contributed by atoms with van der Waals surface area (Å²) >= 11 is 1.23. The number of thioether (sulfide) groups is 1. The molecule has 6 nitrogen and oxygen atoms in total. The van der Waals surface area contributed by atoms with Crippen molar-refractivity contribution in [2.45, 2.75) is 17.4 Å². The molecule has 0 spiro atoms. The molecule has 0 saturated carbocycles. The Balaban J connectivity index is 1.75. The summed E-state index contributed by atoms with van der Waals surface area (Å²) in [4.78, 5) is 15.0. The Morgan fingerprint density at radius 2 is 2.30 bits per heavy atom. The summed E-state index contributed by atoms with van der Waals surface area (Å²) in [6.45, 7) is 5.80. The van der Waals surface area contributed by atoms with Gasteiger partial charge in [0.2, 0.25) is 5.91 Å². The number of rotatable bonds is 6. The van der Waals surface area contributed by atoms with Gasteiger partial charge in [-0.1, -0.05) is 36.0 Å². The van der Waals surface area contributed by atoms with Crippen LogP contribution in [-0.2, 0) is 4.79 Å². The van der Waals surface area contributed by atoms with Gasteiger partial charge in [-0.05, 0) is 13.0 Å². The predicted octanol–water partition coefficient (Wildman–Crippen LogP) is 3.00. The summed E-state index contributed by atoms with van der Waals surface area (Å²) in [5, 5.41) is 11.9. The van der Waals surface area contributed by atoms with Gasteiger partial charge in [-0.3, -0.25) is 4.79 Å². The number of aromatic nitrogens is 3. The zero-order valence-corrected chi connectivity index (χ0v) is 13.4. The normalized spacial score (nSPS) is 12.2. The summed E-state index contributed by atoms with van der Waals surface area (Å²) in [5.74, 6) is 0.338. The van der Waals surface area contributed by atoms with Gasteiger partial charge in [0.1, 0.15) is 0 Å². The van der Waals surface area contributed by atoms with E-state index in [2.05, 4.69) is 27.1 Å². The number of para-hydroxylation sites is 1. The van der Waals surface area contributed by atoms with Crippen LogP contribution in [0, 0.1) is 0 Å². The largest absolute Gasteiger partial charge is 0.411 e. The second kappa shape index (κ2) is 6.70. The number of benzene rings is 1. The van der Waals surface area contributed by atoms with Crippen LogP contribution in [0.1, 0.15) is 6.92 Å². The van der Waals surface area contributed by atoms with Crippen LogP contribution in [0.15, 0.2) is 52.8 Å². The van der Waals surface area contributed by atoms with Crippen molar-refractivity contribution in [2.75, 3.05) is 6.54 Å². The Morgan fingerprint density at radius 1 is 1.48 bits per heavy atom. The highest BCUT2D eigenvalue weighted by molar-refractivity contribution is 8.00. The number of amides is 1. The van der Waals surface area contributed by atoms with E-state index in [1.165, 1.54) is 11.8 Å². The van der Waals surface area contributed by atoms with E-state index in [0.717, 1.165) is 16.5 Å². The third kappa shape index (κ3) is 3.29. The molecule has 0 radical (unpaired) electrons. The average molecular weight is 328 g/mol. The zero-order valence-electron chi connectivity index (χ0n) is 12.6. The van der Waals surface area contributed by atoms with Gasteiger partial charge >= 0.3 is 0 Å². The molecule has 0 aliphatic rings. The van der Waals surface area contributed by atoms with Gasteiger partial charge < -0.3 is 14.7 Å². The van der Waals surface area contributed by atoms with Crippen LogP contribution < -0.4 is 5.32 Å². The number of nitrogens with zero attached hydrogens (tertiary/aromatic N) is 2. The van der Waals surface area contributed by atoms with E-state index in [4.69, 9.17) is 4.42 Å². The molecular weight excluding hydrogens is 312 g/mol. The SMILES string of the molecule is C=CCNC(=O)[C@H](C)Sc1nnc(-c2c[nH]c3ccccc23)o1. The fourth-order valence-electron chi connectivity index (χ4n) is 2.14. The maximum absolute atomic E-state index is 11.8. The Hall–Kier alpha value is -2.54. The molecule has 1 aromatic carbocycles. The highest BCUT2D eigenvalue weighted by atomic mass is 32.2. The van der Waals surface area contributed by atoms with Gasteiger partial charge in [-0.2, -0.15) is 0 Å². The highest BCUT2D eigenvalue weighted by Crippen LogP contribution is 2.30. The highest BCUT2D eigenvalue weighted by Gasteiger charge is 2.19. The van der Waals surface area contributed by atoms with Gasteiger partial charge in [-0.15, -0.1) is 16.8 Å². The fraction of sp³-hybridized carbons (Fsp3) is 0.188. The molecule has 3 rings (SSSR count).